The average Bonchev–Trinajstić information content (AvgIpc) is 3.17. The van der Waals surface area contributed by atoms with Gasteiger partial charge in [0.05, 0.1) is 29.2 Å². The second-order valence-electron chi connectivity index (χ2n) is 7.15. The summed E-state index contributed by atoms with van der Waals surface area (Å²) in [5.74, 6) is -0.381. The first kappa shape index (κ1) is 21.2. The van der Waals surface area contributed by atoms with Gasteiger partial charge in [0.2, 0.25) is 0 Å². The molecule has 0 amide bonds. The van der Waals surface area contributed by atoms with Crippen LogP contribution in [0.5, 0.6) is 0 Å². The maximum absolute atomic E-state index is 13.0. The quantitative estimate of drug-likeness (QED) is 0.293. The van der Waals surface area contributed by atoms with Crippen molar-refractivity contribution in [3.8, 4) is 28.2 Å². The van der Waals surface area contributed by atoms with E-state index in [0.717, 1.165) is 28.1 Å². The molecular formula is C26H21Cl2NO2. The Morgan fingerprint density at radius 1 is 0.871 bits per heavy atom. The number of carbonyl (C=O) groups excluding carboxylic acids is 1. The molecule has 31 heavy (non-hydrogen) atoms. The number of aromatic nitrogens is 1. The molecule has 0 aliphatic carbocycles. The number of rotatable bonds is 5. The van der Waals surface area contributed by atoms with Gasteiger partial charge in [-0.3, -0.25) is 0 Å². The summed E-state index contributed by atoms with van der Waals surface area (Å²) in [5, 5.41) is 1.20. The molecule has 0 N–H and O–H groups in total. The first-order valence-electron chi connectivity index (χ1n) is 10.0. The first-order valence-corrected chi connectivity index (χ1v) is 10.8. The molecule has 1 heterocycles. The van der Waals surface area contributed by atoms with Gasteiger partial charge in [-0.25, -0.2) is 4.79 Å². The monoisotopic (exact) mass is 449 g/mol. The molecule has 156 valence electrons. The number of esters is 1. The largest absolute Gasteiger partial charge is 0.462 e. The summed E-state index contributed by atoms with van der Waals surface area (Å²) in [5.41, 5.74) is 5.75. The Hall–Kier alpha value is -3.01. The molecule has 0 bridgehead atoms. The van der Waals surface area contributed by atoms with Crippen molar-refractivity contribution in [3.63, 3.8) is 0 Å². The number of nitrogens with zero attached hydrogens (tertiary/aromatic N) is 1. The topological polar surface area (TPSA) is 31.2 Å². The van der Waals surface area contributed by atoms with Crippen LogP contribution in [0.2, 0.25) is 10.0 Å². The van der Waals surface area contributed by atoms with E-state index in [1.165, 1.54) is 0 Å². The predicted molar refractivity (Wildman–Crippen MR) is 127 cm³/mol. The molecule has 1 aromatic heterocycles. The van der Waals surface area contributed by atoms with Gasteiger partial charge in [-0.2, -0.15) is 0 Å². The molecule has 3 nitrogen and oxygen atoms in total. The van der Waals surface area contributed by atoms with Crippen molar-refractivity contribution in [2.75, 3.05) is 6.61 Å². The zero-order chi connectivity index (χ0) is 22.0. The molecule has 4 aromatic rings. The Balaban J connectivity index is 2.13. The Kier molecular flexibility index (Phi) is 6.17. The number of hydrogen-bond donors (Lipinski definition) is 0. The fourth-order valence-corrected chi connectivity index (χ4v) is 4.05. The third-order valence-electron chi connectivity index (χ3n) is 5.08. The molecule has 0 radical (unpaired) electrons. The van der Waals surface area contributed by atoms with Crippen LogP contribution in [-0.4, -0.2) is 17.1 Å². The minimum absolute atomic E-state index is 0.288. The number of aryl methyl sites for hydroxylation is 1. The lowest BCUT2D eigenvalue weighted by molar-refractivity contribution is 0.0527. The van der Waals surface area contributed by atoms with Crippen molar-refractivity contribution in [2.45, 2.75) is 13.8 Å². The van der Waals surface area contributed by atoms with E-state index in [-0.39, 0.29) is 12.6 Å². The Morgan fingerprint density at radius 2 is 1.58 bits per heavy atom. The lowest BCUT2D eigenvalue weighted by Crippen LogP contribution is -2.07. The number of benzene rings is 3. The van der Waals surface area contributed by atoms with E-state index in [4.69, 9.17) is 27.9 Å². The summed E-state index contributed by atoms with van der Waals surface area (Å²) >= 11 is 12.7. The predicted octanol–water partition coefficient (Wildman–Crippen LogP) is 7.60. The molecule has 0 aliphatic heterocycles. The average molecular weight is 450 g/mol. The fourth-order valence-electron chi connectivity index (χ4n) is 3.69. The van der Waals surface area contributed by atoms with E-state index < -0.39 is 0 Å². The molecular weight excluding hydrogens is 429 g/mol. The zero-order valence-corrected chi connectivity index (χ0v) is 18.7. The molecule has 0 saturated heterocycles. The van der Waals surface area contributed by atoms with E-state index in [9.17, 15) is 4.79 Å². The van der Waals surface area contributed by atoms with Gasteiger partial charge in [0.15, 0.2) is 0 Å². The van der Waals surface area contributed by atoms with Gasteiger partial charge < -0.3 is 9.30 Å². The van der Waals surface area contributed by atoms with E-state index in [2.05, 4.69) is 4.57 Å². The second-order valence-corrected chi connectivity index (χ2v) is 8.03. The number of halogens is 2. The van der Waals surface area contributed by atoms with Crippen LogP contribution in [0.25, 0.3) is 28.2 Å². The summed E-state index contributed by atoms with van der Waals surface area (Å²) in [4.78, 5) is 13.0. The van der Waals surface area contributed by atoms with Gasteiger partial charge in [0, 0.05) is 15.6 Å². The van der Waals surface area contributed by atoms with Crippen molar-refractivity contribution in [3.05, 3.63) is 100 Å². The van der Waals surface area contributed by atoms with Crippen LogP contribution < -0.4 is 0 Å². The van der Waals surface area contributed by atoms with Crippen molar-refractivity contribution in [1.29, 1.82) is 0 Å². The molecule has 4 rings (SSSR count). The first-order chi connectivity index (χ1) is 15.0. The van der Waals surface area contributed by atoms with Crippen LogP contribution in [-0.2, 0) is 4.74 Å². The highest BCUT2D eigenvalue weighted by Gasteiger charge is 2.25. The van der Waals surface area contributed by atoms with Gasteiger partial charge in [-0.1, -0.05) is 71.7 Å². The smallest absolute Gasteiger partial charge is 0.340 e. The minimum atomic E-state index is -0.381. The van der Waals surface area contributed by atoms with Crippen LogP contribution in [0.15, 0.2) is 78.9 Å². The number of hydrogen-bond acceptors (Lipinski definition) is 2. The maximum Gasteiger partial charge on any atom is 0.340 e. The summed E-state index contributed by atoms with van der Waals surface area (Å²) in [7, 11) is 0. The third kappa shape index (κ3) is 4.25. The summed E-state index contributed by atoms with van der Waals surface area (Å²) in [6.07, 6.45) is 0. The second kappa shape index (κ2) is 9.01. The van der Waals surface area contributed by atoms with Crippen LogP contribution in [0.3, 0.4) is 0 Å². The molecule has 3 aromatic carbocycles. The van der Waals surface area contributed by atoms with E-state index in [1.807, 2.05) is 85.8 Å². The minimum Gasteiger partial charge on any atom is -0.462 e. The summed E-state index contributed by atoms with van der Waals surface area (Å²) in [6.45, 7) is 4.11. The van der Waals surface area contributed by atoms with Crippen molar-refractivity contribution in [2.24, 2.45) is 0 Å². The highest BCUT2D eigenvalue weighted by molar-refractivity contribution is 6.31. The molecule has 0 atom stereocenters. The van der Waals surface area contributed by atoms with Gasteiger partial charge in [0.25, 0.3) is 0 Å². The molecule has 0 spiro atoms. The summed E-state index contributed by atoms with van der Waals surface area (Å²) < 4.78 is 7.47. The molecule has 0 saturated carbocycles. The molecule has 0 fully saturated rings. The van der Waals surface area contributed by atoms with E-state index in [0.29, 0.717) is 21.3 Å². The third-order valence-corrected chi connectivity index (χ3v) is 5.55. The standard InChI is InChI=1S/C26H21Cl2NO2/c1-3-31-26(30)22-16-24(18-8-5-4-6-9-18)29(23-15-21(28)13-12-17(23)2)25(22)19-10-7-11-20(27)14-19/h4-16H,3H2,1-2H3. The molecule has 5 heteroatoms. The lowest BCUT2D eigenvalue weighted by atomic mass is 10.1. The van der Waals surface area contributed by atoms with Crippen LogP contribution >= 0.6 is 23.2 Å². The van der Waals surface area contributed by atoms with Crippen molar-refractivity contribution in [1.82, 2.24) is 4.57 Å². The van der Waals surface area contributed by atoms with Crippen LogP contribution in [0, 0.1) is 6.92 Å². The normalized spacial score (nSPS) is 10.8. The van der Waals surface area contributed by atoms with Gasteiger partial charge in [-0.15, -0.1) is 0 Å². The Bertz CT molecular complexity index is 1250. The van der Waals surface area contributed by atoms with Crippen LogP contribution in [0.1, 0.15) is 22.8 Å². The number of carbonyl (C=O) groups is 1. The van der Waals surface area contributed by atoms with Crippen LogP contribution in [0.4, 0.5) is 0 Å². The highest BCUT2D eigenvalue weighted by atomic mass is 35.5. The highest BCUT2D eigenvalue weighted by Crippen LogP contribution is 2.38. The maximum atomic E-state index is 13.0. The van der Waals surface area contributed by atoms with E-state index >= 15 is 0 Å². The SMILES string of the molecule is CCOC(=O)c1cc(-c2ccccc2)n(-c2cc(Cl)ccc2C)c1-c1cccc(Cl)c1. The molecule has 0 aliphatic rings. The van der Waals surface area contributed by atoms with Gasteiger partial charge in [-0.05, 0) is 55.3 Å². The van der Waals surface area contributed by atoms with Crippen molar-refractivity contribution < 1.29 is 9.53 Å². The van der Waals surface area contributed by atoms with Gasteiger partial charge >= 0.3 is 5.97 Å². The van der Waals surface area contributed by atoms with Gasteiger partial charge in [0.1, 0.15) is 0 Å². The van der Waals surface area contributed by atoms with Crippen molar-refractivity contribution >= 4 is 29.2 Å². The Morgan fingerprint density at radius 3 is 2.29 bits per heavy atom. The summed E-state index contributed by atoms with van der Waals surface area (Å²) in [6, 6.07) is 25.0. The molecule has 0 unspecified atom stereocenters. The zero-order valence-electron chi connectivity index (χ0n) is 17.2. The lowest BCUT2D eigenvalue weighted by Gasteiger charge is -2.18. The van der Waals surface area contributed by atoms with E-state index in [1.54, 1.807) is 6.92 Å². The fraction of sp³-hybridized carbons (Fsp3) is 0.115. The number of ether oxygens (including phenoxy) is 1. The Labute approximate surface area is 191 Å².